The molecule has 2 aromatic rings. The molecule has 1 amide bonds. The third kappa shape index (κ3) is 3.93. The summed E-state index contributed by atoms with van der Waals surface area (Å²) in [5.41, 5.74) is 0.395. The van der Waals surface area contributed by atoms with E-state index in [2.05, 4.69) is 5.32 Å². The maximum Gasteiger partial charge on any atom is 0.335 e. The zero-order valence-electron chi connectivity index (χ0n) is 11.2. The van der Waals surface area contributed by atoms with Crippen LogP contribution in [0, 0.1) is 0 Å². The first-order valence-electron chi connectivity index (χ1n) is 6.04. The Morgan fingerprint density at radius 3 is 2.76 bits per heavy atom. The van der Waals surface area contributed by atoms with E-state index in [4.69, 9.17) is 9.84 Å². The van der Waals surface area contributed by atoms with Gasteiger partial charge in [-0.1, -0.05) is 6.07 Å². The number of carbonyl (C=O) groups is 2. The van der Waals surface area contributed by atoms with Gasteiger partial charge in [-0.3, -0.25) is 4.79 Å². The standard InChI is InChI=1S/C15H13NO4S/c1-20-13-6-4-10(15(18)19)9-12(13)16-14(17)7-5-11-3-2-8-21-11/h2-9H,1H3,(H,16,17)(H,18,19). The Balaban J connectivity index is 2.15. The summed E-state index contributed by atoms with van der Waals surface area (Å²) in [4.78, 5) is 23.8. The average Bonchev–Trinajstić information content (AvgIpc) is 2.98. The average molecular weight is 303 g/mol. The highest BCUT2D eigenvalue weighted by Gasteiger charge is 2.10. The topological polar surface area (TPSA) is 75.6 Å². The molecule has 0 bridgehead atoms. The first kappa shape index (κ1) is 14.8. The maximum atomic E-state index is 11.9. The monoisotopic (exact) mass is 303 g/mol. The largest absolute Gasteiger partial charge is 0.495 e. The van der Waals surface area contributed by atoms with E-state index in [1.54, 1.807) is 6.08 Å². The second-order valence-electron chi connectivity index (χ2n) is 4.06. The van der Waals surface area contributed by atoms with Crippen molar-refractivity contribution < 1.29 is 19.4 Å². The fraction of sp³-hybridized carbons (Fsp3) is 0.0667. The third-order valence-corrected chi connectivity index (χ3v) is 3.48. The van der Waals surface area contributed by atoms with E-state index in [-0.39, 0.29) is 11.5 Å². The van der Waals surface area contributed by atoms with Crippen LogP contribution >= 0.6 is 11.3 Å². The molecule has 5 nitrogen and oxygen atoms in total. The van der Waals surface area contributed by atoms with E-state index in [1.165, 1.54) is 42.7 Å². The first-order chi connectivity index (χ1) is 10.1. The van der Waals surface area contributed by atoms with Crippen LogP contribution < -0.4 is 10.1 Å². The molecular formula is C15H13NO4S. The molecule has 0 aliphatic rings. The summed E-state index contributed by atoms with van der Waals surface area (Å²) in [6.07, 6.45) is 3.08. The number of aromatic carboxylic acids is 1. The van der Waals surface area contributed by atoms with E-state index in [0.29, 0.717) is 11.4 Å². The van der Waals surface area contributed by atoms with Crippen LogP contribution in [0.1, 0.15) is 15.2 Å². The fourth-order valence-corrected chi connectivity index (χ4v) is 2.28. The Kier molecular flexibility index (Phi) is 4.73. The molecule has 1 aromatic heterocycles. The number of nitrogens with one attached hydrogen (secondary N) is 1. The molecule has 0 saturated heterocycles. The molecule has 0 saturated carbocycles. The van der Waals surface area contributed by atoms with Crippen LogP contribution in [0.5, 0.6) is 5.75 Å². The summed E-state index contributed by atoms with van der Waals surface area (Å²) in [6, 6.07) is 8.06. The lowest BCUT2D eigenvalue weighted by atomic mass is 10.2. The summed E-state index contributed by atoms with van der Waals surface area (Å²) < 4.78 is 5.10. The lowest BCUT2D eigenvalue weighted by Crippen LogP contribution is -2.10. The van der Waals surface area contributed by atoms with Crippen molar-refractivity contribution in [3.05, 3.63) is 52.2 Å². The molecule has 6 heteroatoms. The molecule has 2 N–H and O–H groups in total. The second-order valence-corrected chi connectivity index (χ2v) is 5.04. The highest BCUT2D eigenvalue weighted by Crippen LogP contribution is 2.25. The summed E-state index contributed by atoms with van der Waals surface area (Å²) in [7, 11) is 1.45. The van der Waals surface area contributed by atoms with E-state index < -0.39 is 5.97 Å². The number of benzene rings is 1. The second kappa shape index (κ2) is 6.71. The molecule has 21 heavy (non-hydrogen) atoms. The minimum atomic E-state index is -1.07. The van der Waals surface area contributed by atoms with Gasteiger partial charge < -0.3 is 15.2 Å². The lowest BCUT2D eigenvalue weighted by molar-refractivity contribution is -0.111. The number of carboxylic acids is 1. The van der Waals surface area contributed by atoms with Crippen molar-refractivity contribution in [2.75, 3.05) is 12.4 Å². The van der Waals surface area contributed by atoms with Crippen molar-refractivity contribution in [1.29, 1.82) is 0 Å². The van der Waals surface area contributed by atoms with Gasteiger partial charge in [0.05, 0.1) is 18.4 Å². The molecule has 0 spiro atoms. The molecule has 1 heterocycles. The maximum absolute atomic E-state index is 11.9. The number of methoxy groups -OCH3 is 1. The van der Waals surface area contributed by atoms with Crippen LogP contribution in [0.4, 0.5) is 5.69 Å². The zero-order chi connectivity index (χ0) is 15.2. The summed E-state index contributed by atoms with van der Waals surface area (Å²) in [6.45, 7) is 0. The van der Waals surface area contributed by atoms with E-state index in [9.17, 15) is 9.59 Å². The number of carbonyl (C=O) groups excluding carboxylic acids is 1. The Labute approximate surface area is 125 Å². The van der Waals surface area contributed by atoms with Gasteiger partial charge in [-0.2, -0.15) is 0 Å². The van der Waals surface area contributed by atoms with Gasteiger partial charge in [0.25, 0.3) is 0 Å². The number of hydrogen-bond acceptors (Lipinski definition) is 4. The zero-order valence-corrected chi connectivity index (χ0v) is 12.0. The molecule has 0 aliphatic carbocycles. The van der Waals surface area contributed by atoms with Crippen LogP contribution in [-0.4, -0.2) is 24.1 Å². The minimum Gasteiger partial charge on any atom is -0.495 e. The number of amides is 1. The van der Waals surface area contributed by atoms with Crippen LogP contribution in [0.25, 0.3) is 6.08 Å². The number of rotatable bonds is 5. The van der Waals surface area contributed by atoms with Crippen molar-refractivity contribution in [1.82, 2.24) is 0 Å². The molecule has 108 valence electrons. The van der Waals surface area contributed by atoms with Gasteiger partial charge in [0.15, 0.2) is 0 Å². The molecule has 0 atom stereocenters. The smallest absolute Gasteiger partial charge is 0.335 e. The van der Waals surface area contributed by atoms with Crippen molar-refractivity contribution in [3.8, 4) is 5.75 Å². The Morgan fingerprint density at radius 1 is 1.33 bits per heavy atom. The number of carboxylic acid groups (broad SMARTS) is 1. The molecule has 0 aliphatic heterocycles. The predicted molar refractivity (Wildman–Crippen MR) is 81.9 cm³/mol. The number of thiophene rings is 1. The Bertz CT molecular complexity index is 677. The normalized spacial score (nSPS) is 10.5. The van der Waals surface area contributed by atoms with Gasteiger partial charge in [0.2, 0.25) is 5.91 Å². The van der Waals surface area contributed by atoms with Gasteiger partial charge in [-0.25, -0.2) is 4.79 Å². The van der Waals surface area contributed by atoms with Crippen LogP contribution in [-0.2, 0) is 4.79 Å². The van der Waals surface area contributed by atoms with E-state index >= 15 is 0 Å². The van der Waals surface area contributed by atoms with E-state index in [0.717, 1.165) is 4.88 Å². The van der Waals surface area contributed by atoms with Gasteiger partial charge in [0, 0.05) is 11.0 Å². The first-order valence-corrected chi connectivity index (χ1v) is 6.92. The van der Waals surface area contributed by atoms with Gasteiger partial charge >= 0.3 is 5.97 Å². The van der Waals surface area contributed by atoms with E-state index in [1.807, 2.05) is 17.5 Å². The highest BCUT2D eigenvalue weighted by atomic mass is 32.1. The minimum absolute atomic E-state index is 0.0772. The number of ether oxygens (including phenoxy) is 1. The molecule has 0 unspecified atom stereocenters. The number of anilines is 1. The summed E-state index contributed by atoms with van der Waals surface area (Å²) in [5.74, 6) is -1.02. The van der Waals surface area contributed by atoms with Crippen LogP contribution in [0.15, 0.2) is 41.8 Å². The van der Waals surface area contributed by atoms with Crippen molar-refractivity contribution in [3.63, 3.8) is 0 Å². The van der Waals surface area contributed by atoms with Crippen molar-refractivity contribution >= 4 is 35.0 Å². The molecule has 1 aromatic carbocycles. The highest BCUT2D eigenvalue weighted by molar-refractivity contribution is 7.10. The van der Waals surface area contributed by atoms with Crippen molar-refractivity contribution in [2.45, 2.75) is 0 Å². The number of hydrogen-bond donors (Lipinski definition) is 2. The van der Waals surface area contributed by atoms with Crippen molar-refractivity contribution in [2.24, 2.45) is 0 Å². The third-order valence-electron chi connectivity index (χ3n) is 2.65. The predicted octanol–water partition coefficient (Wildman–Crippen LogP) is 3.11. The molecule has 2 rings (SSSR count). The fourth-order valence-electron chi connectivity index (χ4n) is 1.66. The van der Waals surface area contributed by atoms with Crippen LogP contribution in [0.2, 0.25) is 0 Å². The molecule has 0 radical (unpaired) electrons. The molecular weight excluding hydrogens is 290 g/mol. The van der Waals surface area contributed by atoms with Gasteiger partial charge in [-0.15, -0.1) is 11.3 Å². The Morgan fingerprint density at radius 2 is 2.14 bits per heavy atom. The quantitative estimate of drug-likeness (QED) is 0.832. The lowest BCUT2D eigenvalue weighted by Gasteiger charge is -2.09. The SMILES string of the molecule is COc1ccc(C(=O)O)cc1NC(=O)C=Cc1cccs1. The Hall–Kier alpha value is -2.60. The summed E-state index contributed by atoms with van der Waals surface area (Å²) in [5, 5.41) is 13.5. The molecule has 0 fully saturated rings. The van der Waals surface area contributed by atoms with Crippen LogP contribution in [0.3, 0.4) is 0 Å². The van der Waals surface area contributed by atoms with Gasteiger partial charge in [0.1, 0.15) is 5.75 Å². The summed E-state index contributed by atoms with van der Waals surface area (Å²) >= 11 is 1.52. The van der Waals surface area contributed by atoms with Gasteiger partial charge in [-0.05, 0) is 35.7 Å².